The van der Waals surface area contributed by atoms with Gasteiger partial charge in [0.15, 0.2) is 6.19 Å². The standard InChI is InChI=1S/C21H26N6/c1-27-13-25-19-17(3-2-4-18(19)27)26-20(24-12-22)23-11-21-8-14-5-15(9-21)7-16(6-14)10-21/h2-4,13-16H,5-11H2,1H3,(H2,23,24,26). The minimum absolute atomic E-state index is 0.357. The van der Waals surface area contributed by atoms with Crippen molar-refractivity contribution < 1.29 is 0 Å². The number of nitrogens with one attached hydrogen (secondary N) is 2. The quantitative estimate of drug-likeness (QED) is 0.378. The number of nitriles is 1. The third kappa shape index (κ3) is 2.95. The van der Waals surface area contributed by atoms with E-state index in [2.05, 4.69) is 15.6 Å². The van der Waals surface area contributed by atoms with Crippen molar-refractivity contribution in [3.8, 4) is 6.19 Å². The second-order valence-electron chi connectivity index (χ2n) is 8.97. The van der Waals surface area contributed by atoms with Gasteiger partial charge in [-0.2, -0.15) is 5.26 Å². The first kappa shape index (κ1) is 16.6. The van der Waals surface area contributed by atoms with Crippen LogP contribution in [0.15, 0.2) is 29.5 Å². The molecule has 4 aliphatic rings. The molecule has 0 saturated heterocycles. The molecule has 140 valence electrons. The number of aromatic nitrogens is 2. The lowest BCUT2D eigenvalue weighted by Gasteiger charge is -2.56. The SMILES string of the molecule is Cn1cnc2c(NC(=NCC34CC5CC(CC(C5)C3)C4)NC#N)cccc21. The number of hydrogen-bond acceptors (Lipinski definition) is 3. The summed E-state index contributed by atoms with van der Waals surface area (Å²) in [7, 11) is 1.98. The Morgan fingerprint density at radius 3 is 2.63 bits per heavy atom. The third-order valence-electron chi connectivity index (χ3n) is 6.92. The molecule has 0 aliphatic heterocycles. The van der Waals surface area contributed by atoms with Crippen LogP contribution in [0.3, 0.4) is 0 Å². The van der Waals surface area contributed by atoms with Crippen LogP contribution in [0.1, 0.15) is 38.5 Å². The van der Waals surface area contributed by atoms with Gasteiger partial charge in [0.05, 0.1) is 17.5 Å². The fourth-order valence-corrected chi connectivity index (χ4v) is 6.28. The highest BCUT2D eigenvalue weighted by molar-refractivity contribution is 6.01. The summed E-state index contributed by atoms with van der Waals surface area (Å²) in [5.74, 6) is 3.27. The van der Waals surface area contributed by atoms with Crippen molar-refractivity contribution in [1.82, 2.24) is 14.9 Å². The van der Waals surface area contributed by atoms with Crippen molar-refractivity contribution in [3.63, 3.8) is 0 Å². The van der Waals surface area contributed by atoms with Crippen LogP contribution in [-0.2, 0) is 7.05 Å². The van der Waals surface area contributed by atoms with E-state index in [-0.39, 0.29) is 0 Å². The van der Waals surface area contributed by atoms with Crippen molar-refractivity contribution in [2.75, 3.05) is 11.9 Å². The maximum atomic E-state index is 9.19. The molecule has 6 heteroatoms. The van der Waals surface area contributed by atoms with Crippen LogP contribution in [0, 0.1) is 34.6 Å². The lowest BCUT2D eigenvalue weighted by atomic mass is 9.49. The molecule has 4 aliphatic carbocycles. The highest BCUT2D eigenvalue weighted by Crippen LogP contribution is 2.60. The zero-order valence-electron chi connectivity index (χ0n) is 15.8. The number of benzene rings is 1. The smallest absolute Gasteiger partial charge is 0.209 e. The molecule has 0 unspecified atom stereocenters. The maximum Gasteiger partial charge on any atom is 0.209 e. The van der Waals surface area contributed by atoms with E-state index in [0.717, 1.165) is 41.0 Å². The Kier molecular flexibility index (Phi) is 3.85. The average molecular weight is 362 g/mol. The van der Waals surface area contributed by atoms with Crippen LogP contribution < -0.4 is 10.6 Å². The molecular weight excluding hydrogens is 336 g/mol. The number of hydrogen-bond donors (Lipinski definition) is 2. The van der Waals surface area contributed by atoms with Gasteiger partial charge in [0.2, 0.25) is 5.96 Å². The first-order chi connectivity index (χ1) is 13.1. The highest BCUT2D eigenvalue weighted by atomic mass is 15.2. The molecule has 1 heterocycles. The van der Waals surface area contributed by atoms with Gasteiger partial charge in [-0.3, -0.25) is 10.3 Å². The van der Waals surface area contributed by atoms with Gasteiger partial charge < -0.3 is 9.88 Å². The van der Waals surface area contributed by atoms with Crippen LogP contribution in [0.25, 0.3) is 11.0 Å². The number of para-hydroxylation sites is 1. The molecule has 4 bridgehead atoms. The van der Waals surface area contributed by atoms with Gasteiger partial charge in [0, 0.05) is 13.6 Å². The second-order valence-corrected chi connectivity index (χ2v) is 8.97. The number of nitrogens with zero attached hydrogens (tertiary/aromatic N) is 4. The molecule has 0 atom stereocenters. The normalized spacial score (nSPS) is 31.9. The maximum absolute atomic E-state index is 9.19. The summed E-state index contributed by atoms with van der Waals surface area (Å²) in [5, 5.41) is 15.2. The zero-order chi connectivity index (χ0) is 18.4. The molecule has 1 aromatic carbocycles. The number of rotatable bonds is 3. The predicted octanol–water partition coefficient (Wildman–Crippen LogP) is 3.63. The Morgan fingerprint density at radius 2 is 1.96 bits per heavy atom. The van der Waals surface area contributed by atoms with Crippen LogP contribution in [0.2, 0.25) is 0 Å². The number of fused-ring (bicyclic) bond motifs is 1. The van der Waals surface area contributed by atoms with Crippen molar-refractivity contribution in [2.45, 2.75) is 38.5 Å². The van der Waals surface area contributed by atoms with Gasteiger partial charge in [0.25, 0.3) is 0 Å². The molecule has 6 rings (SSSR count). The van der Waals surface area contributed by atoms with E-state index >= 15 is 0 Å². The molecular formula is C21H26N6. The second kappa shape index (κ2) is 6.26. The molecule has 4 saturated carbocycles. The Hall–Kier alpha value is -2.55. The van der Waals surface area contributed by atoms with Crippen LogP contribution in [0.4, 0.5) is 5.69 Å². The molecule has 2 N–H and O–H groups in total. The first-order valence-electron chi connectivity index (χ1n) is 10.0. The molecule has 0 radical (unpaired) electrons. The van der Waals surface area contributed by atoms with E-state index in [1.54, 1.807) is 6.33 Å². The summed E-state index contributed by atoms with van der Waals surface area (Å²) in [5.41, 5.74) is 3.18. The van der Waals surface area contributed by atoms with Crippen molar-refractivity contribution in [3.05, 3.63) is 24.5 Å². The number of imidazole rings is 1. The minimum atomic E-state index is 0.357. The minimum Gasteiger partial charge on any atom is -0.334 e. The number of aliphatic imine (C=N–C) groups is 1. The molecule has 4 fully saturated rings. The first-order valence-corrected chi connectivity index (χ1v) is 10.0. The Labute approximate surface area is 159 Å². The van der Waals surface area contributed by atoms with E-state index in [1.165, 1.54) is 38.5 Å². The Morgan fingerprint density at radius 1 is 1.26 bits per heavy atom. The summed E-state index contributed by atoms with van der Waals surface area (Å²) in [4.78, 5) is 9.33. The number of anilines is 1. The van der Waals surface area contributed by atoms with Crippen LogP contribution in [0.5, 0.6) is 0 Å². The zero-order valence-corrected chi connectivity index (χ0v) is 15.8. The third-order valence-corrected chi connectivity index (χ3v) is 6.92. The van der Waals surface area contributed by atoms with Gasteiger partial charge in [-0.25, -0.2) is 4.98 Å². The summed E-state index contributed by atoms with van der Waals surface area (Å²) < 4.78 is 1.99. The van der Waals surface area contributed by atoms with Crippen molar-refractivity contribution in [2.24, 2.45) is 35.2 Å². The molecule has 0 amide bonds. The lowest BCUT2D eigenvalue weighted by Crippen LogP contribution is -2.47. The van der Waals surface area contributed by atoms with E-state index in [0.29, 0.717) is 11.4 Å². The van der Waals surface area contributed by atoms with Gasteiger partial charge in [-0.1, -0.05) is 6.07 Å². The highest BCUT2D eigenvalue weighted by Gasteiger charge is 2.50. The van der Waals surface area contributed by atoms with E-state index in [1.807, 2.05) is 36.0 Å². The average Bonchev–Trinajstić information content (AvgIpc) is 3.01. The molecule has 1 aromatic heterocycles. The molecule has 0 spiro atoms. The summed E-state index contributed by atoms with van der Waals surface area (Å²) >= 11 is 0. The molecule has 27 heavy (non-hydrogen) atoms. The van der Waals surface area contributed by atoms with Crippen LogP contribution >= 0.6 is 0 Å². The van der Waals surface area contributed by atoms with E-state index < -0.39 is 0 Å². The fourth-order valence-electron chi connectivity index (χ4n) is 6.28. The topological polar surface area (TPSA) is 78.0 Å². The van der Waals surface area contributed by atoms with Crippen molar-refractivity contribution in [1.29, 1.82) is 5.26 Å². The van der Waals surface area contributed by atoms with Gasteiger partial charge in [0.1, 0.15) is 5.52 Å². The molecule has 6 nitrogen and oxygen atoms in total. The monoisotopic (exact) mass is 362 g/mol. The van der Waals surface area contributed by atoms with Gasteiger partial charge >= 0.3 is 0 Å². The van der Waals surface area contributed by atoms with Gasteiger partial charge in [-0.15, -0.1) is 0 Å². The van der Waals surface area contributed by atoms with E-state index in [4.69, 9.17) is 4.99 Å². The summed E-state index contributed by atoms with van der Waals surface area (Å²) in [6.45, 7) is 0.811. The molecule has 2 aromatic rings. The lowest BCUT2D eigenvalue weighted by molar-refractivity contribution is -0.0465. The van der Waals surface area contributed by atoms with Crippen LogP contribution in [-0.4, -0.2) is 22.1 Å². The number of guanidine groups is 1. The summed E-state index contributed by atoms with van der Waals surface area (Å²) in [6.07, 6.45) is 12.1. The fraction of sp³-hybridized carbons (Fsp3) is 0.571. The predicted molar refractivity (Wildman–Crippen MR) is 106 cm³/mol. The van der Waals surface area contributed by atoms with Crippen molar-refractivity contribution >= 4 is 22.7 Å². The largest absolute Gasteiger partial charge is 0.334 e. The number of aryl methyl sites for hydroxylation is 1. The van der Waals surface area contributed by atoms with E-state index in [9.17, 15) is 5.26 Å². The summed E-state index contributed by atoms with van der Waals surface area (Å²) in [6, 6.07) is 6.02. The van der Waals surface area contributed by atoms with Gasteiger partial charge in [-0.05, 0) is 73.8 Å². The Bertz CT molecular complexity index is 899. The Balaban J connectivity index is 1.38.